The van der Waals surface area contributed by atoms with Gasteiger partial charge >= 0.3 is 0 Å². The van der Waals surface area contributed by atoms with Crippen LogP contribution in [0, 0.1) is 11.3 Å². The Morgan fingerprint density at radius 1 is 1.20 bits per heavy atom. The number of aromatic hydroxyl groups is 2. The van der Waals surface area contributed by atoms with Crippen molar-refractivity contribution < 1.29 is 10.2 Å². The van der Waals surface area contributed by atoms with Crippen LogP contribution in [-0.2, 0) is 6.42 Å². The first-order chi connectivity index (χ1) is 9.70. The van der Waals surface area contributed by atoms with E-state index in [1.807, 2.05) is 24.3 Å². The first-order valence-electron chi connectivity index (χ1n) is 6.53. The van der Waals surface area contributed by atoms with Crippen LogP contribution >= 0.6 is 0 Å². The predicted octanol–water partition coefficient (Wildman–Crippen LogP) is 3.17. The molecule has 100 valence electrons. The molecule has 0 unspecified atom stereocenters. The Bertz CT molecular complexity index is 735. The van der Waals surface area contributed by atoms with E-state index >= 15 is 0 Å². The highest BCUT2D eigenvalue weighted by Gasteiger charge is 2.23. The summed E-state index contributed by atoms with van der Waals surface area (Å²) in [6.07, 6.45) is 4.49. The highest BCUT2D eigenvalue weighted by molar-refractivity contribution is 5.87. The fraction of sp³-hybridized carbons (Fsp3) is 0.188. The van der Waals surface area contributed by atoms with Crippen LogP contribution in [0.3, 0.4) is 0 Å². The van der Waals surface area contributed by atoms with Crippen LogP contribution in [0.25, 0.3) is 11.6 Å². The summed E-state index contributed by atoms with van der Waals surface area (Å²) in [5.41, 5.74) is 3.67. The molecule has 0 atom stereocenters. The minimum atomic E-state index is -0.0671. The van der Waals surface area contributed by atoms with E-state index in [1.165, 1.54) is 0 Å². The molecule has 2 aromatic rings. The molecule has 1 aromatic carbocycles. The lowest BCUT2D eigenvalue weighted by molar-refractivity contribution is 0.454. The van der Waals surface area contributed by atoms with Crippen molar-refractivity contribution >= 4 is 11.6 Å². The number of hydrogen-bond donors (Lipinski definition) is 3. The Balaban J connectivity index is 2.15. The SMILES string of the molecule is N#Cc1c(O)[nH]c2c1/C(=C/c1ccccc1O)CCC2. The second kappa shape index (κ2) is 4.78. The van der Waals surface area contributed by atoms with Gasteiger partial charge in [-0.25, -0.2) is 0 Å². The molecule has 1 heterocycles. The maximum Gasteiger partial charge on any atom is 0.207 e. The molecule has 1 aromatic heterocycles. The van der Waals surface area contributed by atoms with Gasteiger partial charge in [0.25, 0.3) is 0 Å². The van der Waals surface area contributed by atoms with E-state index in [-0.39, 0.29) is 11.6 Å². The van der Waals surface area contributed by atoms with Crippen LogP contribution in [0.15, 0.2) is 24.3 Å². The standard InChI is InChI=1S/C16H14N2O2/c17-9-12-15-11(5-3-6-13(15)18-16(12)20)8-10-4-1-2-7-14(10)19/h1-2,4,7-8,18-20H,3,5-6H2/b11-8+. The Morgan fingerprint density at radius 3 is 2.75 bits per heavy atom. The van der Waals surface area contributed by atoms with Gasteiger partial charge in [-0.15, -0.1) is 0 Å². The number of benzene rings is 1. The number of aromatic amines is 1. The van der Waals surface area contributed by atoms with Crippen LogP contribution < -0.4 is 0 Å². The summed E-state index contributed by atoms with van der Waals surface area (Å²) in [4.78, 5) is 2.88. The fourth-order valence-corrected chi connectivity index (χ4v) is 2.71. The minimum Gasteiger partial charge on any atom is -0.507 e. The Hall–Kier alpha value is -2.67. The van der Waals surface area contributed by atoms with E-state index < -0.39 is 0 Å². The largest absolute Gasteiger partial charge is 0.507 e. The van der Waals surface area contributed by atoms with Gasteiger partial charge < -0.3 is 15.2 Å². The van der Waals surface area contributed by atoms with E-state index in [9.17, 15) is 15.5 Å². The third-order valence-corrected chi connectivity index (χ3v) is 3.63. The maximum absolute atomic E-state index is 9.85. The molecule has 0 saturated heterocycles. The van der Waals surface area contributed by atoms with E-state index in [1.54, 1.807) is 12.1 Å². The Kier molecular flexibility index (Phi) is 2.96. The molecular weight excluding hydrogens is 252 g/mol. The van der Waals surface area contributed by atoms with Gasteiger partial charge in [-0.05, 0) is 37.0 Å². The second-order valence-corrected chi connectivity index (χ2v) is 4.90. The molecule has 1 aliphatic rings. The number of nitrogens with zero attached hydrogens (tertiary/aromatic N) is 1. The number of H-pyrrole nitrogens is 1. The first-order valence-corrected chi connectivity index (χ1v) is 6.53. The van der Waals surface area contributed by atoms with E-state index in [4.69, 9.17) is 0 Å². The van der Waals surface area contributed by atoms with Gasteiger partial charge in [0, 0.05) is 16.8 Å². The van der Waals surface area contributed by atoms with Gasteiger partial charge in [-0.1, -0.05) is 18.2 Å². The number of phenolic OH excluding ortho intramolecular Hbond substituents is 1. The van der Waals surface area contributed by atoms with Crippen LogP contribution in [0.2, 0.25) is 0 Å². The molecule has 0 fully saturated rings. The number of para-hydroxylation sites is 1. The van der Waals surface area contributed by atoms with Crippen molar-refractivity contribution in [3.63, 3.8) is 0 Å². The zero-order valence-corrected chi connectivity index (χ0v) is 10.8. The number of nitriles is 1. The van der Waals surface area contributed by atoms with Crippen molar-refractivity contribution in [3.8, 4) is 17.7 Å². The van der Waals surface area contributed by atoms with Crippen molar-refractivity contribution in [1.82, 2.24) is 4.98 Å². The zero-order valence-electron chi connectivity index (χ0n) is 10.8. The molecule has 0 saturated carbocycles. The summed E-state index contributed by atoms with van der Waals surface area (Å²) in [7, 11) is 0. The van der Waals surface area contributed by atoms with E-state index in [2.05, 4.69) is 4.98 Å². The molecule has 0 spiro atoms. The molecule has 0 amide bonds. The van der Waals surface area contributed by atoms with Crippen molar-refractivity contribution in [1.29, 1.82) is 5.26 Å². The molecule has 0 radical (unpaired) electrons. The highest BCUT2D eigenvalue weighted by Crippen LogP contribution is 2.38. The average molecular weight is 266 g/mol. The fourth-order valence-electron chi connectivity index (χ4n) is 2.71. The summed E-state index contributed by atoms with van der Waals surface area (Å²) in [5.74, 6) is 0.146. The first kappa shape index (κ1) is 12.4. The molecule has 20 heavy (non-hydrogen) atoms. The van der Waals surface area contributed by atoms with Gasteiger partial charge in [0.2, 0.25) is 5.88 Å². The quantitative estimate of drug-likeness (QED) is 0.741. The van der Waals surface area contributed by atoms with E-state index in [0.29, 0.717) is 5.56 Å². The number of hydrogen-bond acceptors (Lipinski definition) is 3. The van der Waals surface area contributed by atoms with Crippen molar-refractivity contribution in [2.75, 3.05) is 0 Å². The lowest BCUT2D eigenvalue weighted by Crippen LogP contribution is -2.01. The molecule has 1 aliphatic carbocycles. The van der Waals surface area contributed by atoms with Gasteiger partial charge in [0.1, 0.15) is 17.4 Å². The molecule has 0 bridgehead atoms. The number of fused-ring (bicyclic) bond motifs is 1. The zero-order chi connectivity index (χ0) is 14.1. The summed E-state index contributed by atoms with van der Waals surface area (Å²) in [5, 5.41) is 28.8. The predicted molar refractivity (Wildman–Crippen MR) is 76.1 cm³/mol. The lowest BCUT2D eigenvalue weighted by atomic mass is 9.88. The minimum absolute atomic E-state index is 0.0671. The maximum atomic E-state index is 9.85. The highest BCUT2D eigenvalue weighted by atomic mass is 16.3. The molecular formula is C16H14N2O2. The summed E-state index contributed by atoms with van der Waals surface area (Å²) < 4.78 is 0. The molecule has 3 N–H and O–H groups in total. The summed E-state index contributed by atoms with van der Waals surface area (Å²) in [6, 6.07) is 9.14. The van der Waals surface area contributed by atoms with Crippen molar-refractivity contribution in [2.45, 2.75) is 19.3 Å². The molecule has 4 heteroatoms. The number of aryl methyl sites for hydroxylation is 1. The molecule has 4 nitrogen and oxygen atoms in total. The molecule has 0 aliphatic heterocycles. The second-order valence-electron chi connectivity index (χ2n) is 4.90. The lowest BCUT2D eigenvalue weighted by Gasteiger charge is -2.15. The van der Waals surface area contributed by atoms with Crippen molar-refractivity contribution in [3.05, 3.63) is 46.6 Å². The smallest absolute Gasteiger partial charge is 0.207 e. The number of phenols is 1. The third kappa shape index (κ3) is 1.94. The van der Waals surface area contributed by atoms with Gasteiger partial charge in [0.05, 0.1) is 0 Å². The van der Waals surface area contributed by atoms with Gasteiger partial charge in [-0.2, -0.15) is 5.26 Å². The van der Waals surface area contributed by atoms with Crippen LogP contribution in [0.1, 0.15) is 35.2 Å². The Labute approximate surface area is 116 Å². The number of aromatic nitrogens is 1. The van der Waals surface area contributed by atoms with E-state index in [0.717, 1.165) is 41.7 Å². The van der Waals surface area contributed by atoms with Gasteiger partial charge in [0.15, 0.2) is 0 Å². The summed E-state index contributed by atoms with van der Waals surface area (Å²) in [6.45, 7) is 0. The van der Waals surface area contributed by atoms with Crippen LogP contribution in [0.5, 0.6) is 11.6 Å². The monoisotopic (exact) mass is 266 g/mol. The van der Waals surface area contributed by atoms with Crippen LogP contribution in [0.4, 0.5) is 0 Å². The average Bonchev–Trinajstić information content (AvgIpc) is 2.77. The van der Waals surface area contributed by atoms with Gasteiger partial charge in [-0.3, -0.25) is 0 Å². The summed E-state index contributed by atoms with van der Waals surface area (Å²) >= 11 is 0. The van der Waals surface area contributed by atoms with Crippen LogP contribution in [-0.4, -0.2) is 15.2 Å². The molecule has 3 rings (SSSR count). The van der Waals surface area contributed by atoms with Crippen molar-refractivity contribution in [2.24, 2.45) is 0 Å². The number of nitrogens with one attached hydrogen (secondary N) is 1. The topological polar surface area (TPSA) is 80.0 Å². The normalized spacial score (nSPS) is 15.8. The number of rotatable bonds is 1. The Morgan fingerprint density at radius 2 is 2.00 bits per heavy atom. The third-order valence-electron chi connectivity index (χ3n) is 3.63. The number of allylic oxidation sites excluding steroid dienone is 1.